The first-order chi connectivity index (χ1) is 22.5. The van der Waals surface area contributed by atoms with Crippen molar-refractivity contribution in [2.24, 2.45) is 0 Å². The van der Waals surface area contributed by atoms with Crippen LogP contribution in [0.4, 0.5) is 0 Å². The van der Waals surface area contributed by atoms with Gasteiger partial charge in [-0.15, -0.1) is 11.3 Å². The van der Waals surface area contributed by atoms with Gasteiger partial charge in [0.2, 0.25) is 11.4 Å². The van der Waals surface area contributed by atoms with Crippen LogP contribution in [-0.2, 0) is 10.8 Å². The van der Waals surface area contributed by atoms with Gasteiger partial charge in [0.25, 0.3) is 0 Å². The van der Waals surface area contributed by atoms with Crippen LogP contribution >= 0.6 is 11.3 Å². The first-order valence-corrected chi connectivity index (χ1v) is 17.0. The summed E-state index contributed by atoms with van der Waals surface area (Å²) < 4.78 is 15.0. The van der Waals surface area contributed by atoms with Gasteiger partial charge in [0.05, 0.1) is 11.4 Å². The fourth-order valence-corrected chi connectivity index (χ4v) is 8.12. The molecule has 5 heteroatoms. The fourth-order valence-electron chi connectivity index (χ4n) is 6.77. The number of rotatable bonds is 2. The van der Waals surface area contributed by atoms with Crippen LogP contribution in [-0.4, -0.2) is 9.97 Å². The van der Waals surface area contributed by atoms with Gasteiger partial charge < -0.3 is 8.83 Å². The maximum absolute atomic E-state index is 6.29. The molecule has 5 heterocycles. The van der Waals surface area contributed by atoms with Gasteiger partial charge >= 0.3 is 0 Å². The highest BCUT2D eigenvalue weighted by Gasteiger charge is 2.20. The predicted molar refractivity (Wildman–Crippen MR) is 198 cm³/mol. The molecule has 0 aliphatic rings. The van der Waals surface area contributed by atoms with Crippen molar-refractivity contribution in [1.82, 2.24) is 9.97 Å². The second kappa shape index (κ2) is 9.76. The lowest BCUT2D eigenvalue weighted by Crippen LogP contribution is -2.10. The van der Waals surface area contributed by atoms with E-state index >= 15 is 0 Å². The van der Waals surface area contributed by atoms with Crippen molar-refractivity contribution in [3.8, 4) is 22.5 Å². The summed E-state index contributed by atoms with van der Waals surface area (Å²) in [6.07, 6.45) is 0. The lowest BCUT2D eigenvalue weighted by atomic mass is 9.86. The molecule has 0 radical (unpaired) electrons. The van der Waals surface area contributed by atoms with Crippen LogP contribution in [0, 0.1) is 0 Å². The monoisotopic (exact) mass is 630 g/mol. The molecule has 0 atom stereocenters. The van der Waals surface area contributed by atoms with E-state index in [9.17, 15) is 0 Å². The summed E-state index contributed by atoms with van der Waals surface area (Å²) in [5.41, 5.74) is 9.76. The second-order valence-electron chi connectivity index (χ2n) is 14.7. The van der Waals surface area contributed by atoms with Crippen molar-refractivity contribution in [3.63, 3.8) is 0 Å². The third-order valence-electron chi connectivity index (χ3n) is 9.48. The van der Waals surface area contributed by atoms with Crippen molar-refractivity contribution in [2.75, 3.05) is 0 Å². The lowest BCUT2D eigenvalue weighted by Gasteiger charge is -2.18. The highest BCUT2D eigenvalue weighted by Crippen LogP contribution is 2.44. The number of benzene rings is 4. The number of nitrogens with zero attached hydrogens (tertiary/aromatic N) is 2. The summed E-state index contributed by atoms with van der Waals surface area (Å²) in [7, 11) is 0. The molecule has 0 saturated carbocycles. The third-order valence-corrected chi connectivity index (χ3v) is 10.8. The molecule has 0 aliphatic heterocycles. The Labute approximate surface area is 276 Å². The Kier molecular flexibility index (Phi) is 5.86. The number of hydrogen-bond acceptors (Lipinski definition) is 5. The standard InChI is InChI=1S/C42H34N2O2S/c1-41(2,3)23-13-19-35-31(21-23)27-15-17-33(43-39(27)45-35)29-11-7-9-25-26-10-8-12-30(38(26)47-37(25)29)34-18-16-28-32-22-24(42(4,5)6)14-20-36(32)46-40(28)44-34/h7-22H,1-6H3. The molecular weight excluding hydrogens is 597 g/mol. The van der Waals surface area contributed by atoms with Crippen molar-refractivity contribution in [1.29, 1.82) is 0 Å². The van der Waals surface area contributed by atoms with Gasteiger partial charge in [0.1, 0.15) is 11.2 Å². The zero-order valence-electron chi connectivity index (χ0n) is 27.4. The Morgan fingerprint density at radius 3 is 1.34 bits per heavy atom. The van der Waals surface area contributed by atoms with Crippen LogP contribution in [0.2, 0.25) is 0 Å². The number of fused-ring (bicyclic) bond motifs is 9. The Morgan fingerprint density at radius 2 is 0.915 bits per heavy atom. The molecule has 9 rings (SSSR count). The van der Waals surface area contributed by atoms with Gasteiger partial charge in [-0.1, -0.05) is 90.1 Å². The first-order valence-electron chi connectivity index (χ1n) is 16.2. The summed E-state index contributed by atoms with van der Waals surface area (Å²) in [6, 6.07) is 34.5. The van der Waals surface area contributed by atoms with Gasteiger partial charge in [0.15, 0.2) is 0 Å². The predicted octanol–water partition coefficient (Wildman–Crippen LogP) is 12.6. The van der Waals surface area contributed by atoms with Gasteiger partial charge in [-0.05, 0) is 70.5 Å². The van der Waals surface area contributed by atoms with Crippen LogP contribution in [0.5, 0.6) is 0 Å². The largest absolute Gasteiger partial charge is 0.438 e. The maximum Gasteiger partial charge on any atom is 0.227 e. The average molecular weight is 631 g/mol. The van der Waals surface area contributed by atoms with Crippen LogP contribution in [0.3, 0.4) is 0 Å². The van der Waals surface area contributed by atoms with Crippen molar-refractivity contribution in [2.45, 2.75) is 52.4 Å². The second-order valence-corrected chi connectivity index (χ2v) is 15.7. The molecule has 0 unspecified atom stereocenters. The molecule has 4 nitrogen and oxygen atoms in total. The Morgan fingerprint density at radius 1 is 0.468 bits per heavy atom. The summed E-state index contributed by atoms with van der Waals surface area (Å²) >= 11 is 1.79. The molecule has 0 bridgehead atoms. The van der Waals surface area contributed by atoms with E-state index in [-0.39, 0.29) is 10.8 Å². The number of aromatic nitrogens is 2. The molecule has 0 aliphatic carbocycles. The molecule has 0 fully saturated rings. The van der Waals surface area contributed by atoms with Crippen LogP contribution in [0.1, 0.15) is 52.7 Å². The van der Waals surface area contributed by atoms with Gasteiger partial charge in [-0.25, -0.2) is 9.97 Å². The molecule has 4 aromatic carbocycles. The molecule has 0 N–H and O–H groups in total. The van der Waals surface area contributed by atoms with E-state index < -0.39 is 0 Å². The highest BCUT2D eigenvalue weighted by atomic mass is 32.1. The zero-order chi connectivity index (χ0) is 32.2. The Hall–Kier alpha value is -5.00. The van der Waals surface area contributed by atoms with E-state index in [1.54, 1.807) is 11.3 Å². The van der Waals surface area contributed by atoms with Gasteiger partial charge in [-0.3, -0.25) is 0 Å². The Balaban J connectivity index is 1.18. The summed E-state index contributed by atoms with van der Waals surface area (Å²) in [6.45, 7) is 13.4. The average Bonchev–Trinajstić information content (AvgIpc) is 3.73. The lowest BCUT2D eigenvalue weighted by molar-refractivity contribution is 0.590. The molecule has 230 valence electrons. The van der Waals surface area contributed by atoms with Gasteiger partial charge in [0, 0.05) is 52.8 Å². The molecule has 47 heavy (non-hydrogen) atoms. The normalized spacial score (nSPS) is 12.9. The van der Waals surface area contributed by atoms with Crippen LogP contribution in [0.25, 0.3) is 86.8 Å². The quantitative estimate of drug-likeness (QED) is 0.191. The fraction of sp³-hybridized carbons (Fsp3) is 0.190. The zero-order valence-corrected chi connectivity index (χ0v) is 28.2. The van der Waals surface area contributed by atoms with E-state index in [4.69, 9.17) is 18.8 Å². The van der Waals surface area contributed by atoms with E-state index in [1.165, 1.54) is 31.3 Å². The van der Waals surface area contributed by atoms with E-state index in [1.807, 2.05) is 0 Å². The van der Waals surface area contributed by atoms with Crippen LogP contribution in [0.15, 0.2) is 106 Å². The van der Waals surface area contributed by atoms with E-state index in [0.717, 1.165) is 55.2 Å². The minimum absolute atomic E-state index is 0.0598. The van der Waals surface area contributed by atoms with Crippen molar-refractivity contribution < 1.29 is 8.83 Å². The number of hydrogen-bond donors (Lipinski definition) is 0. The topological polar surface area (TPSA) is 52.1 Å². The van der Waals surface area contributed by atoms with Gasteiger partial charge in [-0.2, -0.15) is 0 Å². The molecule has 0 spiro atoms. The first kappa shape index (κ1) is 28.2. The number of thiophene rings is 1. The van der Waals surface area contributed by atoms with E-state index in [0.29, 0.717) is 11.4 Å². The van der Waals surface area contributed by atoms with E-state index in [2.05, 4.69) is 139 Å². The molecule has 0 amide bonds. The third kappa shape index (κ3) is 4.40. The molecular formula is C42H34N2O2S. The maximum atomic E-state index is 6.29. The minimum atomic E-state index is 0.0598. The summed E-state index contributed by atoms with van der Waals surface area (Å²) in [4.78, 5) is 10.1. The Bertz CT molecular complexity index is 2520. The molecule has 5 aromatic heterocycles. The SMILES string of the molecule is CC(C)(C)c1ccc2oc3nc(-c4cccc5c4sc4c(-c6ccc7c(n6)oc6ccc(C(C)(C)C)cc67)cccc45)ccc3c2c1. The highest BCUT2D eigenvalue weighted by molar-refractivity contribution is 7.26. The van der Waals surface area contributed by atoms with Crippen LogP contribution < -0.4 is 0 Å². The number of pyridine rings is 2. The molecule has 0 saturated heterocycles. The number of furan rings is 2. The van der Waals surface area contributed by atoms with Crippen molar-refractivity contribution in [3.05, 3.63) is 108 Å². The summed E-state index contributed by atoms with van der Waals surface area (Å²) in [5.74, 6) is 0. The summed E-state index contributed by atoms with van der Waals surface area (Å²) in [5, 5.41) is 6.74. The van der Waals surface area contributed by atoms with Crippen molar-refractivity contribution >= 4 is 75.6 Å². The molecule has 9 aromatic rings. The minimum Gasteiger partial charge on any atom is -0.438 e. The smallest absolute Gasteiger partial charge is 0.227 e.